The van der Waals surface area contributed by atoms with E-state index in [1.807, 2.05) is 0 Å². The first-order chi connectivity index (χ1) is 7.10. The van der Waals surface area contributed by atoms with Gasteiger partial charge in [-0.3, -0.25) is 4.90 Å². The first-order valence-electron chi connectivity index (χ1n) is 4.25. The van der Waals surface area contributed by atoms with E-state index < -0.39 is 11.9 Å². The lowest BCUT2D eigenvalue weighted by molar-refractivity contribution is 0.180. The maximum atomic E-state index is 13.0. The van der Waals surface area contributed by atoms with Crippen molar-refractivity contribution < 1.29 is 18.7 Å². The van der Waals surface area contributed by atoms with Crippen LogP contribution in [0.3, 0.4) is 0 Å². The number of carbonyl (C=O) groups excluding carboxylic acids is 1. The smallest absolute Gasteiger partial charge is 0.413 e. The summed E-state index contributed by atoms with van der Waals surface area (Å²) in [5, 5.41) is 0. The molecular weight excluding hydrogens is 201 g/mol. The zero-order valence-electron chi connectivity index (χ0n) is 8.78. The fourth-order valence-corrected chi connectivity index (χ4v) is 1.16. The Labute approximate surface area is 87.2 Å². The standard InChI is InChI=1S/C10H12FNO3/c1-12(10(13)15-3)8-6-7(11)4-5-9(8)14-2/h4-6H,1-3H3. The minimum absolute atomic E-state index is 0.323. The van der Waals surface area contributed by atoms with Crippen LogP contribution in [0, 0.1) is 5.82 Å². The summed E-state index contributed by atoms with van der Waals surface area (Å²) in [6, 6.07) is 3.91. The highest BCUT2D eigenvalue weighted by molar-refractivity contribution is 5.88. The Balaban J connectivity index is 3.10. The lowest BCUT2D eigenvalue weighted by Gasteiger charge is -2.18. The van der Waals surface area contributed by atoms with Crippen molar-refractivity contribution >= 4 is 11.8 Å². The number of benzene rings is 1. The molecule has 1 aromatic rings. The van der Waals surface area contributed by atoms with Gasteiger partial charge in [0.25, 0.3) is 0 Å². The first-order valence-corrected chi connectivity index (χ1v) is 4.25. The van der Waals surface area contributed by atoms with Crippen molar-refractivity contribution in [3.63, 3.8) is 0 Å². The highest BCUT2D eigenvalue weighted by Crippen LogP contribution is 2.28. The molecule has 5 heteroatoms. The molecule has 0 fully saturated rings. The molecule has 0 aliphatic heterocycles. The molecule has 0 aliphatic carbocycles. The normalized spacial score (nSPS) is 9.60. The average molecular weight is 213 g/mol. The van der Waals surface area contributed by atoms with Crippen molar-refractivity contribution in [2.24, 2.45) is 0 Å². The molecule has 4 nitrogen and oxygen atoms in total. The quantitative estimate of drug-likeness (QED) is 0.754. The van der Waals surface area contributed by atoms with Crippen molar-refractivity contribution in [3.8, 4) is 5.75 Å². The van der Waals surface area contributed by atoms with Crippen LogP contribution in [0.25, 0.3) is 0 Å². The zero-order chi connectivity index (χ0) is 11.4. The Morgan fingerprint density at radius 2 is 2.07 bits per heavy atom. The van der Waals surface area contributed by atoms with Crippen LogP contribution >= 0.6 is 0 Å². The summed E-state index contributed by atoms with van der Waals surface area (Å²) >= 11 is 0. The SMILES string of the molecule is COC(=O)N(C)c1cc(F)ccc1OC. The number of ether oxygens (including phenoxy) is 2. The lowest BCUT2D eigenvalue weighted by Crippen LogP contribution is -2.26. The molecule has 0 aromatic heterocycles. The molecule has 0 N–H and O–H groups in total. The van der Waals surface area contributed by atoms with Gasteiger partial charge in [0.2, 0.25) is 0 Å². The zero-order valence-corrected chi connectivity index (χ0v) is 8.78. The van der Waals surface area contributed by atoms with Crippen LogP contribution in [-0.2, 0) is 4.74 Å². The van der Waals surface area contributed by atoms with E-state index in [2.05, 4.69) is 4.74 Å². The Kier molecular flexibility index (Phi) is 3.49. The molecular formula is C10H12FNO3. The Hall–Kier alpha value is -1.78. The van der Waals surface area contributed by atoms with Gasteiger partial charge in [-0.1, -0.05) is 0 Å². The van der Waals surface area contributed by atoms with Gasteiger partial charge in [-0.25, -0.2) is 9.18 Å². The summed E-state index contributed by atoms with van der Waals surface area (Å²) in [6.45, 7) is 0. The largest absolute Gasteiger partial charge is 0.495 e. The minimum atomic E-state index is -0.584. The Bertz CT molecular complexity index is 368. The highest BCUT2D eigenvalue weighted by atomic mass is 19.1. The van der Waals surface area contributed by atoms with Crippen molar-refractivity contribution in [2.45, 2.75) is 0 Å². The molecule has 0 radical (unpaired) electrons. The summed E-state index contributed by atoms with van der Waals surface area (Å²) in [6.07, 6.45) is -0.584. The molecule has 82 valence electrons. The first kappa shape index (κ1) is 11.3. The van der Waals surface area contributed by atoms with Crippen molar-refractivity contribution in [3.05, 3.63) is 24.0 Å². The fourth-order valence-electron chi connectivity index (χ4n) is 1.16. The molecule has 0 saturated heterocycles. The van der Waals surface area contributed by atoms with Gasteiger partial charge in [-0.05, 0) is 12.1 Å². The van der Waals surface area contributed by atoms with Gasteiger partial charge in [0.15, 0.2) is 0 Å². The van der Waals surface area contributed by atoms with Crippen LogP contribution in [0.5, 0.6) is 5.75 Å². The number of nitrogens with zero attached hydrogens (tertiary/aromatic N) is 1. The van der Waals surface area contributed by atoms with Crippen molar-refractivity contribution in [1.29, 1.82) is 0 Å². The molecule has 1 rings (SSSR count). The number of halogens is 1. The third-order valence-electron chi connectivity index (χ3n) is 1.95. The molecule has 0 heterocycles. The van der Waals surface area contributed by atoms with Crippen LogP contribution in [0.2, 0.25) is 0 Å². The van der Waals surface area contributed by atoms with Crippen molar-refractivity contribution in [1.82, 2.24) is 0 Å². The summed E-state index contributed by atoms with van der Waals surface area (Å²) in [5.41, 5.74) is 0.323. The average Bonchev–Trinajstić information content (AvgIpc) is 2.27. The predicted octanol–water partition coefficient (Wildman–Crippen LogP) is 2.04. The summed E-state index contributed by atoms with van der Waals surface area (Å²) < 4.78 is 22.5. The number of anilines is 1. The highest BCUT2D eigenvalue weighted by Gasteiger charge is 2.15. The van der Waals surface area contributed by atoms with Crippen LogP contribution in [0.1, 0.15) is 0 Å². The molecule has 0 saturated carbocycles. The van der Waals surface area contributed by atoms with E-state index in [4.69, 9.17) is 4.74 Å². The second-order valence-electron chi connectivity index (χ2n) is 2.85. The monoisotopic (exact) mass is 213 g/mol. The number of rotatable bonds is 2. The maximum absolute atomic E-state index is 13.0. The predicted molar refractivity (Wildman–Crippen MR) is 53.8 cm³/mol. The number of hydrogen-bond donors (Lipinski definition) is 0. The van der Waals surface area contributed by atoms with Crippen LogP contribution in [-0.4, -0.2) is 27.4 Å². The van der Waals surface area contributed by atoms with E-state index in [0.29, 0.717) is 11.4 Å². The molecule has 0 atom stereocenters. The van der Waals surface area contributed by atoms with Gasteiger partial charge >= 0.3 is 6.09 Å². The van der Waals surface area contributed by atoms with Gasteiger partial charge in [0.1, 0.15) is 11.6 Å². The second-order valence-corrected chi connectivity index (χ2v) is 2.85. The number of amides is 1. The molecule has 1 amide bonds. The Morgan fingerprint density at radius 3 is 2.60 bits per heavy atom. The molecule has 1 aromatic carbocycles. The molecule has 0 bridgehead atoms. The van der Waals surface area contributed by atoms with Crippen molar-refractivity contribution in [2.75, 3.05) is 26.2 Å². The van der Waals surface area contributed by atoms with E-state index in [0.717, 1.165) is 0 Å². The fraction of sp³-hybridized carbons (Fsp3) is 0.300. The minimum Gasteiger partial charge on any atom is -0.495 e. The van der Waals surface area contributed by atoms with E-state index in [1.165, 1.54) is 44.4 Å². The van der Waals surface area contributed by atoms with E-state index >= 15 is 0 Å². The van der Waals surface area contributed by atoms with Crippen LogP contribution in [0.15, 0.2) is 18.2 Å². The van der Waals surface area contributed by atoms with Gasteiger partial charge in [-0.15, -0.1) is 0 Å². The van der Waals surface area contributed by atoms with Crippen LogP contribution in [0.4, 0.5) is 14.9 Å². The van der Waals surface area contributed by atoms with Gasteiger partial charge in [-0.2, -0.15) is 0 Å². The second kappa shape index (κ2) is 4.63. The van der Waals surface area contributed by atoms with Gasteiger partial charge in [0.05, 0.1) is 19.9 Å². The maximum Gasteiger partial charge on any atom is 0.413 e. The lowest BCUT2D eigenvalue weighted by atomic mass is 10.2. The summed E-state index contributed by atoms with van der Waals surface area (Å²) in [7, 11) is 4.18. The van der Waals surface area contributed by atoms with E-state index in [9.17, 15) is 9.18 Å². The number of carbonyl (C=O) groups is 1. The molecule has 0 aliphatic rings. The van der Waals surface area contributed by atoms with Crippen LogP contribution < -0.4 is 9.64 Å². The van der Waals surface area contributed by atoms with Gasteiger partial charge < -0.3 is 9.47 Å². The summed E-state index contributed by atoms with van der Waals surface area (Å²) in [4.78, 5) is 12.4. The molecule has 15 heavy (non-hydrogen) atoms. The number of methoxy groups -OCH3 is 2. The summed E-state index contributed by atoms with van der Waals surface area (Å²) in [5.74, 6) is -0.0362. The van der Waals surface area contributed by atoms with E-state index in [-0.39, 0.29) is 0 Å². The topological polar surface area (TPSA) is 38.8 Å². The van der Waals surface area contributed by atoms with Gasteiger partial charge in [0, 0.05) is 13.1 Å². The molecule has 0 unspecified atom stereocenters. The molecule has 0 spiro atoms. The Morgan fingerprint density at radius 1 is 1.40 bits per heavy atom. The third kappa shape index (κ3) is 2.37. The number of hydrogen-bond acceptors (Lipinski definition) is 3. The third-order valence-corrected chi connectivity index (χ3v) is 1.95. The van der Waals surface area contributed by atoms with E-state index in [1.54, 1.807) is 0 Å².